The van der Waals surface area contributed by atoms with Gasteiger partial charge in [0.25, 0.3) is 0 Å². The summed E-state index contributed by atoms with van der Waals surface area (Å²) in [5.41, 5.74) is 1.09. The van der Waals surface area contributed by atoms with E-state index in [2.05, 4.69) is 10.6 Å². The number of halogens is 1. The Kier molecular flexibility index (Phi) is 7.45. The first kappa shape index (κ1) is 22.5. The first-order valence-electron chi connectivity index (χ1n) is 10.3. The van der Waals surface area contributed by atoms with Crippen LogP contribution in [0.15, 0.2) is 35.5 Å². The van der Waals surface area contributed by atoms with Crippen molar-refractivity contribution in [3.8, 4) is 0 Å². The van der Waals surface area contributed by atoms with Crippen molar-refractivity contribution < 1.29 is 28.2 Å². The lowest BCUT2D eigenvalue weighted by Gasteiger charge is -2.36. The topological polar surface area (TPSA) is 100 Å². The predicted octanol–water partition coefficient (Wildman–Crippen LogP) is 1.77. The van der Waals surface area contributed by atoms with Gasteiger partial charge in [-0.2, -0.15) is 0 Å². The molecule has 1 aromatic carbocycles. The highest BCUT2D eigenvalue weighted by molar-refractivity contribution is 5.95. The van der Waals surface area contributed by atoms with E-state index in [1.807, 2.05) is 4.90 Å². The van der Waals surface area contributed by atoms with Gasteiger partial charge in [-0.3, -0.25) is 4.90 Å². The number of benzene rings is 1. The van der Waals surface area contributed by atoms with Crippen molar-refractivity contribution in [1.82, 2.24) is 20.4 Å². The second-order valence-electron chi connectivity index (χ2n) is 7.16. The zero-order chi connectivity index (χ0) is 22.4. The molecule has 0 unspecified atom stereocenters. The average Bonchev–Trinajstić information content (AvgIpc) is 2.74. The summed E-state index contributed by atoms with van der Waals surface area (Å²) in [6.07, 6.45) is -0.352. The van der Waals surface area contributed by atoms with Crippen LogP contribution in [0.25, 0.3) is 0 Å². The summed E-state index contributed by atoms with van der Waals surface area (Å²) in [6.45, 7) is 6.25. The van der Waals surface area contributed by atoms with E-state index in [9.17, 15) is 18.8 Å². The van der Waals surface area contributed by atoms with Crippen molar-refractivity contribution in [2.24, 2.45) is 0 Å². The van der Waals surface area contributed by atoms with Crippen LogP contribution in [-0.2, 0) is 14.3 Å². The van der Waals surface area contributed by atoms with Crippen LogP contribution in [0.1, 0.15) is 25.5 Å². The maximum absolute atomic E-state index is 13.8. The number of urea groups is 1. The molecule has 1 aromatic rings. The van der Waals surface area contributed by atoms with Gasteiger partial charge in [-0.1, -0.05) is 12.1 Å². The summed E-state index contributed by atoms with van der Waals surface area (Å²) in [5, 5.41) is 5.40. The molecule has 1 saturated heterocycles. The van der Waals surface area contributed by atoms with Crippen molar-refractivity contribution in [3.63, 3.8) is 0 Å². The van der Waals surface area contributed by atoms with Crippen LogP contribution < -0.4 is 10.6 Å². The summed E-state index contributed by atoms with van der Waals surface area (Å²) in [6, 6.07) is 4.43. The molecule has 9 nitrogen and oxygen atoms in total. The first-order chi connectivity index (χ1) is 14.9. The second-order valence-corrected chi connectivity index (χ2v) is 7.16. The van der Waals surface area contributed by atoms with Crippen LogP contribution in [0.4, 0.5) is 14.0 Å². The lowest BCUT2D eigenvalue weighted by molar-refractivity contribution is -0.139. The molecule has 0 spiro atoms. The average molecular weight is 434 g/mol. The summed E-state index contributed by atoms with van der Waals surface area (Å²) in [4.78, 5) is 40.7. The minimum atomic E-state index is -0.834. The largest absolute Gasteiger partial charge is 0.463 e. The van der Waals surface area contributed by atoms with Crippen molar-refractivity contribution in [2.45, 2.75) is 19.9 Å². The number of hydrogen-bond acceptors (Lipinski definition) is 6. The number of nitrogens with zero attached hydrogens (tertiary/aromatic N) is 2. The Labute approximate surface area is 180 Å². The van der Waals surface area contributed by atoms with E-state index in [4.69, 9.17) is 9.47 Å². The van der Waals surface area contributed by atoms with Gasteiger partial charge in [-0.15, -0.1) is 0 Å². The number of carbonyl (C=O) groups excluding carboxylic acids is 3. The Morgan fingerprint density at radius 2 is 1.84 bits per heavy atom. The molecular formula is C21H27FN4O5. The highest BCUT2D eigenvalue weighted by Gasteiger charge is 2.35. The standard InChI is InChI=1S/C21H27FN4O5/c1-3-30-19(27)17-16(13-25-8-10-26(11-9-25)21(29)31-4-2)23-20(28)24-18(17)14-6-5-7-15(22)12-14/h5-7,12,18H,3-4,8-11,13H2,1-2H3,(H2,23,24,28)/t18-/m1/s1. The molecule has 1 atom stereocenters. The second kappa shape index (κ2) is 10.3. The summed E-state index contributed by atoms with van der Waals surface area (Å²) in [7, 11) is 0. The van der Waals surface area contributed by atoms with Crippen LogP contribution in [0.3, 0.4) is 0 Å². The fourth-order valence-corrected chi connectivity index (χ4v) is 3.66. The number of hydrogen-bond donors (Lipinski definition) is 2. The van der Waals surface area contributed by atoms with Crippen LogP contribution >= 0.6 is 0 Å². The number of nitrogens with one attached hydrogen (secondary N) is 2. The summed E-state index contributed by atoms with van der Waals surface area (Å²) in [5.74, 6) is -1.05. The molecule has 2 aliphatic rings. The Morgan fingerprint density at radius 1 is 1.13 bits per heavy atom. The Morgan fingerprint density at radius 3 is 2.48 bits per heavy atom. The molecule has 2 N–H and O–H groups in total. The van der Waals surface area contributed by atoms with Crippen LogP contribution in [0.5, 0.6) is 0 Å². The van der Waals surface area contributed by atoms with Gasteiger partial charge in [0.2, 0.25) is 0 Å². The van der Waals surface area contributed by atoms with Gasteiger partial charge in [-0.05, 0) is 31.5 Å². The summed E-state index contributed by atoms with van der Waals surface area (Å²) < 4.78 is 24.1. The van der Waals surface area contributed by atoms with Crippen molar-refractivity contribution in [2.75, 3.05) is 45.9 Å². The normalized spacial score (nSPS) is 19.5. The molecule has 0 saturated carbocycles. The van der Waals surface area contributed by atoms with Crippen molar-refractivity contribution in [1.29, 1.82) is 0 Å². The van der Waals surface area contributed by atoms with E-state index in [0.29, 0.717) is 44.0 Å². The van der Waals surface area contributed by atoms with Gasteiger partial charge in [0, 0.05) is 38.4 Å². The summed E-state index contributed by atoms with van der Waals surface area (Å²) >= 11 is 0. The van der Waals surface area contributed by atoms with E-state index in [1.165, 1.54) is 18.2 Å². The van der Waals surface area contributed by atoms with Gasteiger partial charge >= 0.3 is 18.1 Å². The van der Waals surface area contributed by atoms with E-state index in [0.717, 1.165) is 0 Å². The van der Waals surface area contributed by atoms with Crippen LogP contribution in [0, 0.1) is 5.82 Å². The molecular weight excluding hydrogens is 407 g/mol. The Balaban J connectivity index is 1.83. The SMILES string of the molecule is CCOC(=O)C1=C(CN2CCN(C(=O)OCC)CC2)NC(=O)N[C@@H]1c1cccc(F)c1. The number of rotatable bonds is 6. The Bertz CT molecular complexity index is 867. The minimum Gasteiger partial charge on any atom is -0.463 e. The number of esters is 1. The number of amides is 3. The third-order valence-electron chi connectivity index (χ3n) is 5.11. The molecule has 1 fully saturated rings. The lowest BCUT2D eigenvalue weighted by atomic mass is 9.95. The molecule has 168 valence electrons. The number of carbonyl (C=O) groups is 3. The van der Waals surface area contributed by atoms with Gasteiger partial charge in [0.05, 0.1) is 24.8 Å². The highest BCUT2D eigenvalue weighted by Crippen LogP contribution is 2.28. The van der Waals surface area contributed by atoms with E-state index < -0.39 is 23.9 Å². The molecule has 10 heteroatoms. The molecule has 2 aliphatic heterocycles. The van der Waals surface area contributed by atoms with Gasteiger partial charge in [0.15, 0.2) is 0 Å². The monoisotopic (exact) mass is 434 g/mol. The van der Waals surface area contributed by atoms with Crippen LogP contribution in [0.2, 0.25) is 0 Å². The quantitative estimate of drug-likeness (QED) is 0.662. The molecule has 31 heavy (non-hydrogen) atoms. The van der Waals surface area contributed by atoms with Gasteiger partial charge in [0.1, 0.15) is 5.82 Å². The molecule has 0 aliphatic carbocycles. The predicted molar refractivity (Wildman–Crippen MR) is 110 cm³/mol. The molecule has 2 heterocycles. The van der Waals surface area contributed by atoms with Crippen molar-refractivity contribution >= 4 is 18.1 Å². The van der Waals surface area contributed by atoms with Crippen LogP contribution in [-0.4, -0.2) is 73.8 Å². The third-order valence-corrected chi connectivity index (χ3v) is 5.11. The molecule has 3 rings (SSSR count). The van der Waals surface area contributed by atoms with E-state index in [-0.39, 0.29) is 24.8 Å². The molecule has 0 bridgehead atoms. The highest BCUT2D eigenvalue weighted by atomic mass is 19.1. The lowest BCUT2D eigenvalue weighted by Crippen LogP contribution is -2.52. The maximum atomic E-state index is 13.8. The molecule has 0 radical (unpaired) electrons. The third kappa shape index (κ3) is 5.52. The number of ether oxygens (including phenoxy) is 2. The molecule has 3 amide bonds. The first-order valence-corrected chi connectivity index (χ1v) is 10.3. The maximum Gasteiger partial charge on any atom is 0.409 e. The fraction of sp³-hybridized carbons (Fsp3) is 0.476. The van der Waals surface area contributed by atoms with E-state index >= 15 is 0 Å². The van der Waals surface area contributed by atoms with Gasteiger partial charge < -0.3 is 25.0 Å². The molecule has 0 aromatic heterocycles. The smallest absolute Gasteiger partial charge is 0.409 e. The van der Waals surface area contributed by atoms with Crippen molar-refractivity contribution in [3.05, 3.63) is 46.9 Å². The fourth-order valence-electron chi connectivity index (χ4n) is 3.66. The van der Waals surface area contributed by atoms with Gasteiger partial charge in [-0.25, -0.2) is 18.8 Å². The van der Waals surface area contributed by atoms with E-state index in [1.54, 1.807) is 24.8 Å². The zero-order valence-electron chi connectivity index (χ0n) is 17.7. The Hall–Kier alpha value is -3.14. The minimum absolute atomic E-state index is 0.164. The number of piperazine rings is 1. The zero-order valence-corrected chi connectivity index (χ0v) is 17.7.